The lowest BCUT2D eigenvalue weighted by Gasteiger charge is -2.43. The average Bonchev–Trinajstić information content (AvgIpc) is 3.34. The standard InChI is InChI=1S/C53H62F6N8O6/c1-5-72-48(68)44-34(3)66(42-16-10-14-38(32-42)52(54,55)56)50(70)64(46(44)36-18-22-40(60)23-19-36)30-12-28-62-26-8-7-9-27-63-29-13-31-65-47(37-20-24-41(61)25-21-37)45(49(69)73-6-2)35(4)67(51(65)71)43-17-11-15-39(33-43)53(57,58)59/h10-11,14-25,32-33,46-47,62-63H,5-9,12-13,26-31,60-61H2,1-4H3. The number of halogens is 6. The Bertz CT molecular complexity index is 2460. The predicted octanol–water partition coefficient (Wildman–Crippen LogP) is 10.4. The van der Waals surface area contributed by atoms with E-state index in [2.05, 4.69) is 10.6 Å². The van der Waals surface area contributed by atoms with Crippen LogP contribution in [0.1, 0.15) is 94.1 Å². The lowest BCUT2D eigenvalue weighted by atomic mass is 9.92. The summed E-state index contributed by atoms with van der Waals surface area (Å²) in [4.78, 5) is 61.4. The first-order valence-electron chi connectivity index (χ1n) is 24.2. The molecule has 0 aliphatic carbocycles. The van der Waals surface area contributed by atoms with Crippen molar-refractivity contribution in [2.24, 2.45) is 0 Å². The number of carbonyl (C=O) groups excluding carboxylic acids is 4. The largest absolute Gasteiger partial charge is 0.463 e. The van der Waals surface area contributed by atoms with Crippen LogP contribution in [0, 0.1) is 0 Å². The Labute approximate surface area is 420 Å². The molecule has 2 aliphatic rings. The number of alkyl halides is 6. The molecule has 0 spiro atoms. The highest BCUT2D eigenvalue weighted by atomic mass is 19.4. The fourth-order valence-electron chi connectivity index (χ4n) is 9.08. The van der Waals surface area contributed by atoms with E-state index >= 15 is 0 Å². The lowest BCUT2D eigenvalue weighted by Crippen LogP contribution is -2.51. The zero-order valence-electron chi connectivity index (χ0n) is 41.2. The van der Waals surface area contributed by atoms with Crippen LogP contribution in [-0.2, 0) is 31.4 Å². The molecule has 4 amide bonds. The van der Waals surface area contributed by atoms with Crippen LogP contribution in [0.25, 0.3) is 0 Å². The summed E-state index contributed by atoms with van der Waals surface area (Å²) in [7, 11) is 0. The van der Waals surface area contributed by atoms with Crippen molar-refractivity contribution >= 4 is 46.8 Å². The van der Waals surface area contributed by atoms with Gasteiger partial charge >= 0.3 is 36.4 Å². The molecule has 20 heteroatoms. The summed E-state index contributed by atoms with van der Waals surface area (Å²) in [6.07, 6.45) is -5.97. The Hall–Kier alpha value is -7.06. The maximum atomic E-state index is 14.4. The number of esters is 2. The quantitative estimate of drug-likeness (QED) is 0.0257. The number of unbranched alkanes of at least 4 members (excludes halogenated alkanes) is 2. The van der Waals surface area contributed by atoms with Crippen molar-refractivity contribution in [2.45, 2.75) is 84.2 Å². The Morgan fingerprint density at radius 2 is 0.904 bits per heavy atom. The topological polar surface area (TPSA) is 176 Å². The molecule has 0 radical (unpaired) electrons. The summed E-state index contributed by atoms with van der Waals surface area (Å²) in [6, 6.07) is 19.2. The van der Waals surface area contributed by atoms with Crippen LogP contribution in [0.4, 0.5) is 58.7 Å². The molecule has 0 saturated carbocycles. The number of hydrogen-bond donors (Lipinski definition) is 4. The molecule has 2 aliphatic heterocycles. The predicted molar refractivity (Wildman–Crippen MR) is 267 cm³/mol. The van der Waals surface area contributed by atoms with E-state index in [4.69, 9.17) is 20.9 Å². The summed E-state index contributed by atoms with van der Waals surface area (Å²) in [5.74, 6) is -1.41. The minimum absolute atomic E-state index is 0.0313. The highest BCUT2D eigenvalue weighted by Crippen LogP contribution is 2.43. The van der Waals surface area contributed by atoms with Crippen LogP contribution in [0.5, 0.6) is 0 Å². The van der Waals surface area contributed by atoms with Gasteiger partial charge in [-0.3, -0.25) is 9.80 Å². The van der Waals surface area contributed by atoms with E-state index in [1.165, 1.54) is 47.9 Å². The zero-order valence-corrected chi connectivity index (χ0v) is 41.2. The third-order valence-electron chi connectivity index (χ3n) is 12.6. The number of ether oxygens (including phenoxy) is 2. The smallest absolute Gasteiger partial charge is 0.416 e. The molecule has 73 heavy (non-hydrogen) atoms. The van der Waals surface area contributed by atoms with Crippen molar-refractivity contribution in [1.29, 1.82) is 0 Å². The molecule has 2 atom stereocenters. The Morgan fingerprint density at radius 3 is 1.25 bits per heavy atom. The molecule has 4 aromatic carbocycles. The molecule has 392 valence electrons. The van der Waals surface area contributed by atoms with Crippen molar-refractivity contribution in [3.63, 3.8) is 0 Å². The fourth-order valence-corrected chi connectivity index (χ4v) is 9.08. The summed E-state index contributed by atoms with van der Waals surface area (Å²) in [6.45, 7) is 8.95. The van der Waals surface area contributed by atoms with E-state index in [1.807, 2.05) is 0 Å². The van der Waals surface area contributed by atoms with Crippen molar-refractivity contribution in [3.8, 4) is 0 Å². The van der Waals surface area contributed by atoms with Crippen molar-refractivity contribution in [3.05, 3.63) is 142 Å². The summed E-state index contributed by atoms with van der Waals surface area (Å²) < 4.78 is 93.9. The van der Waals surface area contributed by atoms with Gasteiger partial charge in [0.2, 0.25) is 0 Å². The molecular weight excluding hydrogens is 959 g/mol. The third-order valence-corrected chi connectivity index (χ3v) is 12.6. The Morgan fingerprint density at radius 1 is 0.548 bits per heavy atom. The van der Waals surface area contributed by atoms with Crippen LogP contribution in [0.3, 0.4) is 0 Å². The van der Waals surface area contributed by atoms with Gasteiger partial charge in [-0.05, 0) is 151 Å². The van der Waals surface area contributed by atoms with Gasteiger partial charge in [0.1, 0.15) is 0 Å². The van der Waals surface area contributed by atoms with Gasteiger partial charge in [0.15, 0.2) is 0 Å². The lowest BCUT2D eigenvalue weighted by molar-refractivity contribution is -0.140. The highest BCUT2D eigenvalue weighted by Gasteiger charge is 2.45. The number of nitrogen functional groups attached to an aromatic ring is 2. The van der Waals surface area contributed by atoms with Gasteiger partial charge in [0.25, 0.3) is 0 Å². The van der Waals surface area contributed by atoms with Crippen LogP contribution in [0.15, 0.2) is 120 Å². The normalized spacial score (nSPS) is 16.7. The van der Waals surface area contributed by atoms with Crippen molar-refractivity contribution in [2.75, 3.05) is 73.7 Å². The molecule has 6 N–H and O–H groups in total. The number of rotatable bonds is 22. The maximum absolute atomic E-state index is 14.4. The third kappa shape index (κ3) is 13.3. The van der Waals surface area contributed by atoms with E-state index in [9.17, 15) is 45.5 Å². The van der Waals surface area contributed by atoms with Crippen LogP contribution in [-0.4, -0.2) is 86.3 Å². The van der Waals surface area contributed by atoms with E-state index in [0.29, 0.717) is 61.5 Å². The Kier molecular flexibility index (Phi) is 18.6. The molecular formula is C53H62F6N8O6. The highest BCUT2D eigenvalue weighted by molar-refractivity contribution is 6.04. The Balaban J connectivity index is 1.04. The number of carbonyl (C=O) groups is 4. The van der Waals surface area contributed by atoms with Crippen molar-refractivity contribution in [1.82, 2.24) is 20.4 Å². The van der Waals surface area contributed by atoms with Gasteiger partial charge in [-0.15, -0.1) is 0 Å². The summed E-state index contributed by atoms with van der Waals surface area (Å²) >= 11 is 0. The number of allylic oxidation sites excluding steroid dienone is 2. The second-order valence-electron chi connectivity index (χ2n) is 17.6. The van der Waals surface area contributed by atoms with Gasteiger partial charge in [-0.25, -0.2) is 19.2 Å². The molecule has 0 bridgehead atoms. The number of amides is 4. The number of anilines is 4. The van der Waals surface area contributed by atoms with E-state index in [1.54, 1.807) is 62.4 Å². The average molecular weight is 1020 g/mol. The number of urea groups is 2. The molecule has 4 aromatic rings. The first-order chi connectivity index (χ1) is 34.8. The van der Waals surface area contributed by atoms with Crippen LogP contribution in [0.2, 0.25) is 0 Å². The maximum Gasteiger partial charge on any atom is 0.416 e. The minimum Gasteiger partial charge on any atom is -0.463 e. The van der Waals surface area contributed by atoms with Crippen LogP contribution < -0.4 is 31.9 Å². The van der Waals surface area contributed by atoms with Gasteiger partial charge in [-0.1, -0.05) is 42.8 Å². The fraction of sp³-hybridized carbons (Fsp3) is 0.396. The number of nitrogens with zero attached hydrogens (tertiary/aromatic N) is 4. The molecule has 0 fully saturated rings. The molecule has 2 heterocycles. The number of nitrogens with two attached hydrogens (primary N) is 2. The molecule has 6 rings (SSSR count). The summed E-state index contributed by atoms with van der Waals surface area (Å²) in [5, 5.41) is 6.79. The van der Waals surface area contributed by atoms with Gasteiger partial charge < -0.3 is 41.4 Å². The molecule has 2 unspecified atom stereocenters. The number of hydrogen-bond acceptors (Lipinski definition) is 10. The molecule has 0 aromatic heterocycles. The van der Waals surface area contributed by atoms with Gasteiger partial charge in [-0.2, -0.15) is 26.3 Å². The van der Waals surface area contributed by atoms with E-state index < -0.39 is 59.6 Å². The second-order valence-corrected chi connectivity index (χ2v) is 17.6. The number of nitrogens with one attached hydrogen (secondary N) is 2. The van der Waals surface area contributed by atoms with E-state index in [-0.39, 0.29) is 60.2 Å². The second kappa shape index (κ2) is 24.6. The van der Waals surface area contributed by atoms with Crippen LogP contribution >= 0.6 is 0 Å². The molecule has 0 saturated heterocycles. The first kappa shape index (κ1) is 55.3. The molecule has 14 nitrogen and oxygen atoms in total. The number of benzene rings is 4. The monoisotopic (exact) mass is 1020 g/mol. The minimum atomic E-state index is -4.67. The van der Waals surface area contributed by atoms with E-state index in [0.717, 1.165) is 53.3 Å². The SMILES string of the molecule is CCOC(=O)C1=C(C)N(c2cccc(C(F)(F)F)c2)C(=O)N(CCCNCCCCCNCCCN2C(=O)N(c3cccc(C(F)(F)F)c3)C(C)=C(C(=O)OCC)C2c2ccc(N)cc2)C1c1ccc(N)cc1. The van der Waals surface area contributed by atoms with Gasteiger partial charge in [0.05, 0.1) is 58.9 Å². The summed E-state index contributed by atoms with van der Waals surface area (Å²) in [5.41, 5.74) is 12.6. The zero-order chi connectivity index (χ0) is 53.0. The van der Waals surface area contributed by atoms with Crippen molar-refractivity contribution < 1.29 is 55.0 Å². The first-order valence-corrected chi connectivity index (χ1v) is 24.2. The van der Waals surface area contributed by atoms with Gasteiger partial charge in [0, 0.05) is 35.9 Å².